The smallest absolute Gasteiger partial charge is 0.254 e. The van der Waals surface area contributed by atoms with E-state index in [2.05, 4.69) is 5.32 Å². The Morgan fingerprint density at radius 3 is 2.57 bits per heavy atom. The summed E-state index contributed by atoms with van der Waals surface area (Å²) in [6.07, 6.45) is 2.12. The first-order valence-corrected chi connectivity index (χ1v) is 6.98. The van der Waals surface area contributed by atoms with Crippen LogP contribution >= 0.6 is 0 Å². The predicted molar refractivity (Wildman–Crippen MR) is 85.3 cm³/mol. The van der Waals surface area contributed by atoms with Crippen molar-refractivity contribution >= 4 is 11.6 Å². The fraction of sp³-hybridized carbons (Fsp3) is 0.167. The van der Waals surface area contributed by atoms with Crippen molar-refractivity contribution in [1.29, 1.82) is 0 Å². The van der Waals surface area contributed by atoms with Crippen molar-refractivity contribution in [2.24, 2.45) is 0 Å². The largest absolute Gasteiger partial charge is 0.465 e. The van der Waals surface area contributed by atoms with Crippen molar-refractivity contribution < 1.29 is 9.53 Å². The van der Waals surface area contributed by atoms with Gasteiger partial charge in [0.05, 0.1) is 11.8 Å². The number of anilines is 1. The summed E-state index contributed by atoms with van der Waals surface area (Å²) in [5.41, 5.74) is 2.49. The zero-order valence-corrected chi connectivity index (χ0v) is 12.3. The van der Waals surface area contributed by atoms with Crippen molar-refractivity contribution in [3.63, 3.8) is 0 Å². The number of rotatable bonds is 5. The molecule has 0 unspecified atom stereocenters. The van der Waals surface area contributed by atoms with Crippen LogP contribution in [0.25, 0.3) is 0 Å². The summed E-state index contributed by atoms with van der Waals surface area (Å²) >= 11 is 0. The lowest BCUT2D eigenvalue weighted by Gasteiger charge is -2.08. The summed E-state index contributed by atoms with van der Waals surface area (Å²) in [5, 5.41) is 2.85. The monoisotopic (exact) mass is 281 g/mol. The molecule has 0 aliphatic rings. The van der Waals surface area contributed by atoms with E-state index >= 15 is 0 Å². The maximum atomic E-state index is 12.2. The van der Waals surface area contributed by atoms with Gasteiger partial charge < -0.3 is 10.1 Å². The van der Waals surface area contributed by atoms with Gasteiger partial charge >= 0.3 is 0 Å². The highest BCUT2D eigenvalue weighted by molar-refractivity contribution is 6.03. The number of nitrogens with one attached hydrogen (secondary N) is 1. The lowest BCUT2D eigenvalue weighted by Crippen LogP contribution is -2.14. The molecule has 2 aromatic rings. The maximum absolute atomic E-state index is 12.2. The summed E-state index contributed by atoms with van der Waals surface area (Å²) < 4.78 is 5.58. The predicted octanol–water partition coefficient (Wildman–Crippen LogP) is 4.31. The second kappa shape index (κ2) is 7.29. The third-order valence-electron chi connectivity index (χ3n) is 3.03. The van der Waals surface area contributed by atoms with Gasteiger partial charge in [-0.1, -0.05) is 37.3 Å². The van der Waals surface area contributed by atoms with Crippen LogP contribution in [-0.2, 0) is 4.79 Å². The average Bonchev–Trinajstić information content (AvgIpc) is 2.49. The SMILES string of the molecule is CC/C(=C\Oc1cccc(C)c1)C(=O)Nc1ccccc1. The van der Waals surface area contributed by atoms with E-state index in [9.17, 15) is 4.79 Å². The van der Waals surface area contributed by atoms with Gasteiger partial charge in [-0.2, -0.15) is 0 Å². The molecular formula is C18H19NO2. The standard InChI is InChI=1S/C18H19NO2/c1-3-15(13-21-17-11-7-8-14(2)12-17)18(20)19-16-9-5-4-6-10-16/h4-13H,3H2,1-2H3,(H,19,20)/b15-13+. The summed E-state index contributed by atoms with van der Waals surface area (Å²) in [5.74, 6) is 0.588. The second-order valence-corrected chi connectivity index (χ2v) is 4.75. The molecule has 0 aliphatic heterocycles. The van der Waals surface area contributed by atoms with Crippen LogP contribution in [0.1, 0.15) is 18.9 Å². The van der Waals surface area contributed by atoms with E-state index < -0.39 is 0 Å². The Balaban J connectivity index is 2.04. The first kappa shape index (κ1) is 14.9. The molecule has 0 saturated carbocycles. The molecular weight excluding hydrogens is 262 g/mol. The van der Waals surface area contributed by atoms with E-state index in [-0.39, 0.29) is 5.91 Å². The van der Waals surface area contributed by atoms with E-state index in [1.807, 2.05) is 68.4 Å². The minimum atomic E-state index is -0.142. The summed E-state index contributed by atoms with van der Waals surface area (Å²) in [4.78, 5) is 12.2. The van der Waals surface area contributed by atoms with Crippen molar-refractivity contribution in [1.82, 2.24) is 0 Å². The molecule has 0 spiro atoms. The molecule has 0 atom stereocenters. The molecule has 3 nitrogen and oxygen atoms in total. The van der Waals surface area contributed by atoms with E-state index in [0.717, 1.165) is 17.0 Å². The van der Waals surface area contributed by atoms with Crippen LogP contribution in [0.3, 0.4) is 0 Å². The van der Waals surface area contributed by atoms with Crippen LogP contribution in [0, 0.1) is 6.92 Å². The second-order valence-electron chi connectivity index (χ2n) is 4.75. The first-order chi connectivity index (χ1) is 10.2. The van der Waals surface area contributed by atoms with Crippen LogP contribution in [0.15, 0.2) is 66.4 Å². The quantitative estimate of drug-likeness (QED) is 0.655. The molecule has 3 heteroatoms. The lowest BCUT2D eigenvalue weighted by molar-refractivity contribution is -0.113. The Hall–Kier alpha value is -2.55. The van der Waals surface area contributed by atoms with Gasteiger partial charge in [0.25, 0.3) is 5.91 Å². The Morgan fingerprint density at radius 1 is 1.14 bits per heavy atom. The molecule has 1 amide bonds. The van der Waals surface area contributed by atoms with Crippen molar-refractivity contribution in [3.8, 4) is 5.75 Å². The fourth-order valence-electron chi connectivity index (χ4n) is 1.86. The van der Waals surface area contributed by atoms with Gasteiger partial charge in [-0.25, -0.2) is 0 Å². The zero-order chi connectivity index (χ0) is 15.1. The van der Waals surface area contributed by atoms with E-state index in [1.54, 1.807) is 0 Å². The number of hydrogen-bond donors (Lipinski definition) is 1. The summed E-state index contributed by atoms with van der Waals surface area (Å²) in [6.45, 7) is 3.93. The molecule has 0 radical (unpaired) electrons. The molecule has 0 aromatic heterocycles. The van der Waals surface area contributed by atoms with Gasteiger partial charge in [0.2, 0.25) is 0 Å². The average molecular weight is 281 g/mol. The number of para-hydroxylation sites is 1. The Bertz CT molecular complexity index is 633. The first-order valence-electron chi connectivity index (χ1n) is 6.98. The number of ether oxygens (including phenoxy) is 1. The minimum Gasteiger partial charge on any atom is -0.465 e. The van der Waals surface area contributed by atoms with Crippen LogP contribution in [0.2, 0.25) is 0 Å². The Labute approximate surface area is 125 Å². The molecule has 108 valence electrons. The van der Waals surface area contributed by atoms with Crippen LogP contribution in [0.4, 0.5) is 5.69 Å². The molecule has 0 bridgehead atoms. The fourth-order valence-corrected chi connectivity index (χ4v) is 1.86. The van der Waals surface area contributed by atoms with Crippen LogP contribution < -0.4 is 10.1 Å². The molecule has 21 heavy (non-hydrogen) atoms. The lowest BCUT2D eigenvalue weighted by atomic mass is 10.2. The van der Waals surface area contributed by atoms with Gasteiger partial charge in [0, 0.05) is 5.69 Å². The summed E-state index contributed by atoms with van der Waals surface area (Å²) in [7, 11) is 0. The molecule has 0 heterocycles. The minimum absolute atomic E-state index is 0.142. The van der Waals surface area contributed by atoms with Crippen LogP contribution in [-0.4, -0.2) is 5.91 Å². The molecule has 1 N–H and O–H groups in total. The third-order valence-corrected chi connectivity index (χ3v) is 3.03. The van der Waals surface area contributed by atoms with Crippen molar-refractivity contribution in [3.05, 3.63) is 72.0 Å². The van der Waals surface area contributed by atoms with Gasteiger partial charge in [-0.3, -0.25) is 4.79 Å². The highest BCUT2D eigenvalue weighted by atomic mass is 16.5. The number of carbonyl (C=O) groups excluding carboxylic acids is 1. The van der Waals surface area contributed by atoms with Crippen molar-refractivity contribution in [2.45, 2.75) is 20.3 Å². The molecule has 2 rings (SSSR count). The normalized spacial score (nSPS) is 11.0. The molecule has 0 fully saturated rings. The number of amides is 1. The highest BCUT2D eigenvalue weighted by Crippen LogP contribution is 2.15. The van der Waals surface area contributed by atoms with Gasteiger partial charge in [-0.05, 0) is 43.2 Å². The van der Waals surface area contributed by atoms with E-state index in [1.165, 1.54) is 6.26 Å². The summed E-state index contributed by atoms with van der Waals surface area (Å²) in [6, 6.07) is 17.1. The molecule has 2 aromatic carbocycles. The number of aryl methyl sites for hydroxylation is 1. The zero-order valence-electron chi connectivity index (χ0n) is 12.3. The van der Waals surface area contributed by atoms with Gasteiger partial charge in [0.15, 0.2) is 0 Å². The molecule has 0 aliphatic carbocycles. The maximum Gasteiger partial charge on any atom is 0.254 e. The van der Waals surface area contributed by atoms with Crippen molar-refractivity contribution in [2.75, 3.05) is 5.32 Å². The van der Waals surface area contributed by atoms with E-state index in [0.29, 0.717) is 12.0 Å². The number of benzene rings is 2. The van der Waals surface area contributed by atoms with E-state index in [4.69, 9.17) is 4.74 Å². The topological polar surface area (TPSA) is 38.3 Å². The van der Waals surface area contributed by atoms with Gasteiger partial charge in [0.1, 0.15) is 5.75 Å². The highest BCUT2D eigenvalue weighted by Gasteiger charge is 2.08. The van der Waals surface area contributed by atoms with Crippen LogP contribution in [0.5, 0.6) is 5.75 Å². The third kappa shape index (κ3) is 4.49. The Morgan fingerprint density at radius 2 is 1.90 bits per heavy atom. The number of carbonyl (C=O) groups is 1. The molecule has 0 saturated heterocycles. The number of hydrogen-bond acceptors (Lipinski definition) is 2. The van der Waals surface area contributed by atoms with Gasteiger partial charge in [-0.15, -0.1) is 0 Å². The Kier molecular flexibility index (Phi) is 5.16.